The SMILES string of the molecule is C[C@H](c1ccccc1)c1nc(N)c2[nH]cnc2n1. The number of hydrogen-bond donors (Lipinski definition) is 2. The molecule has 0 radical (unpaired) electrons. The first kappa shape index (κ1) is 10.7. The molecule has 3 N–H and O–H groups in total. The van der Waals surface area contributed by atoms with E-state index < -0.39 is 0 Å². The quantitative estimate of drug-likeness (QED) is 0.717. The number of hydrogen-bond acceptors (Lipinski definition) is 4. The van der Waals surface area contributed by atoms with Crippen molar-refractivity contribution < 1.29 is 0 Å². The number of fused-ring (bicyclic) bond motifs is 1. The topological polar surface area (TPSA) is 80.5 Å². The van der Waals surface area contributed by atoms with E-state index in [0.717, 1.165) is 5.56 Å². The summed E-state index contributed by atoms with van der Waals surface area (Å²) in [4.78, 5) is 15.8. The van der Waals surface area contributed by atoms with Gasteiger partial charge in [0.1, 0.15) is 11.3 Å². The summed E-state index contributed by atoms with van der Waals surface area (Å²) >= 11 is 0. The number of aromatic nitrogens is 4. The lowest BCUT2D eigenvalue weighted by Gasteiger charge is -2.10. The summed E-state index contributed by atoms with van der Waals surface area (Å²) in [7, 11) is 0. The van der Waals surface area contributed by atoms with Crippen molar-refractivity contribution in [3.05, 3.63) is 48.0 Å². The second-order valence-electron chi connectivity index (χ2n) is 4.20. The normalized spacial score (nSPS) is 12.7. The molecule has 1 aromatic carbocycles. The van der Waals surface area contributed by atoms with Crippen LogP contribution in [0.2, 0.25) is 0 Å². The highest BCUT2D eigenvalue weighted by Crippen LogP contribution is 2.23. The van der Waals surface area contributed by atoms with Gasteiger partial charge in [0.15, 0.2) is 11.5 Å². The number of H-pyrrole nitrogens is 1. The van der Waals surface area contributed by atoms with Crippen LogP contribution in [0.4, 0.5) is 5.82 Å². The number of nitrogen functional groups attached to an aromatic ring is 1. The maximum Gasteiger partial charge on any atom is 0.183 e. The van der Waals surface area contributed by atoms with Crippen LogP contribution in [-0.4, -0.2) is 19.9 Å². The van der Waals surface area contributed by atoms with Crippen molar-refractivity contribution in [2.24, 2.45) is 0 Å². The lowest BCUT2D eigenvalue weighted by molar-refractivity contribution is 0.827. The zero-order valence-corrected chi connectivity index (χ0v) is 9.96. The second-order valence-corrected chi connectivity index (χ2v) is 4.20. The van der Waals surface area contributed by atoms with E-state index >= 15 is 0 Å². The molecule has 0 amide bonds. The third-order valence-corrected chi connectivity index (χ3v) is 3.02. The Labute approximate surface area is 104 Å². The number of aromatic amines is 1. The van der Waals surface area contributed by atoms with Crippen molar-refractivity contribution in [2.75, 3.05) is 5.73 Å². The Morgan fingerprint density at radius 2 is 1.94 bits per heavy atom. The molecule has 0 aliphatic rings. The number of nitrogens with zero attached hydrogens (tertiary/aromatic N) is 3. The molecule has 0 saturated heterocycles. The average molecular weight is 239 g/mol. The molecule has 5 heteroatoms. The van der Waals surface area contributed by atoms with Gasteiger partial charge in [0.2, 0.25) is 0 Å². The van der Waals surface area contributed by atoms with Gasteiger partial charge in [0.05, 0.1) is 6.33 Å². The molecule has 0 aliphatic heterocycles. The smallest absolute Gasteiger partial charge is 0.183 e. The van der Waals surface area contributed by atoms with E-state index in [1.165, 1.54) is 0 Å². The first-order chi connectivity index (χ1) is 8.75. The number of anilines is 1. The van der Waals surface area contributed by atoms with Gasteiger partial charge in [-0.15, -0.1) is 0 Å². The molecular weight excluding hydrogens is 226 g/mol. The highest BCUT2D eigenvalue weighted by atomic mass is 15.0. The Morgan fingerprint density at radius 3 is 2.72 bits per heavy atom. The summed E-state index contributed by atoms with van der Waals surface area (Å²) in [6.45, 7) is 2.06. The van der Waals surface area contributed by atoms with Crippen LogP contribution in [0.15, 0.2) is 36.7 Å². The fourth-order valence-electron chi connectivity index (χ4n) is 1.96. The summed E-state index contributed by atoms with van der Waals surface area (Å²) in [5, 5.41) is 0. The van der Waals surface area contributed by atoms with Crippen LogP contribution in [0.5, 0.6) is 0 Å². The van der Waals surface area contributed by atoms with E-state index in [4.69, 9.17) is 5.73 Å². The standard InChI is InChI=1S/C13H13N5/c1-8(9-5-3-2-4-6-9)12-17-11(14)10-13(18-12)16-7-15-10/h2-8H,1H3,(H3,14,15,16,17,18)/t8-/m1/s1. The predicted molar refractivity (Wildman–Crippen MR) is 70.1 cm³/mol. The Bertz CT molecular complexity index is 674. The van der Waals surface area contributed by atoms with Gasteiger partial charge in [-0.25, -0.2) is 15.0 Å². The summed E-state index contributed by atoms with van der Waals surface area (Å²) in [5.74, 6) is 1.23. The molecule has 0 bridgehead atoms. The molecule has 0 fully saturated rings. The molecule has 2 aromatic heterocycles. The predicted octanol–water partition coefficient (Wildman–Crippen LogP) is 2.09. The molecule has 2 heterocycles. The van der Waals surface area contributed by atoms with Gasteiger partial charge >= 0.3 is 0 Å². The van der Waals surface area contributed by atoms with Crippen molar-refractivity contribution in [3.8, 4) is 0 Å². The third kappa shape index (κ3) is 1.69. The second kappa shape index (κ2) is 4.10. The Morgan fingerprint density at radius 1 is 1.17 bits per heavy atom. The molecule has 0 aliphatic carbocycles. The maximum atomic E-state index is 5.89. The van der Waals surface area contributed by atoms with Crippen molar-refractivity contribution >= 4 is 17.0 Å². The van der Waals surface area contributed by atoms with E-state index in [-0.39, 0.29) is 5.92 Å². The number of imidazole rings is 1. The van der Waals surface area contributed by atoms with Crippen LogP contribution < -0.4 is 5.73 Å². The fourth-order valence-corrected chi connectivity index (χ4v) is 1.96. The summed E-state index contributed by atoms with van der Waals surface area (Å²) in [5.41, 5.74) is 8.36. The van der Waals surface area contributed by atoms with E-state index in [1.54, 1.807) is 6.33 Å². The Kier molecular flexibility index (Phi) is 2.44. The fraction of sp³-hybridized carbons (Fsp3) is 0.154. The minimum atomic E-state index is 0.0922. The number of nitrogens with two attached hydrogens (primary N) is 1. The largest absolute Gasteiger partial charge is 0.382 e. The summed E-state index contributed by atoms with van der Waals surface area (Å²) in [6, 6.07) is 10.1. The Balaban J connectivity index is 2.09. The van der Waals surface area contributed by atoms with Crippen LogP contribution in [0.25, 0.3) is 11.2 Å². The van der Waals surface area contributed by atoms with Crippen molar-refractivity contribution in [1.29, 1.82) is 0 Å². The van der Waals surface area contributed by atoms with Gasteiger partial charge in [-0.05, 0) is 5.56 Å². The van der Waals surface area contributed by atoms with Crippen LogP contribution in [0.1, 0.15) is 24.2 Å². The van der Waals surface area contributed by atoms with Crippen LogP contribution in [0.3, 0.4) is 0 Å². The molecule has 5 nitrogen and oxygen atoms in total. The molecule has 3 rings (SSSR count). The van der Waals surface area contributed by atoms with Gasteiger partial charge in [-0.2, -0.15) is 0 Å². The van der Waals surface area contributed by atoms with Gasteiger partial charge in [0.25, 0.3) is 0 Å². The maximum absolute atomic E-state index is 5.89. The van der Waals surface area contributed by atoms with Crippen molar-refractivity contribution in [3.63, 3.8) is 0 Å². The number of nitrogens with one attached hydrogen (secondary N) is 1. The number of benzene rings is 1. The molecule has 18 heavy (non-hydrogen) atoms. The minimum Gasteiger partial charge on any atom is -0.382 e. The van der Waals surface area contributed by atoms with E-state index in [1.807, 2.05) is 18.2 Å². The molecule has 0 saturated carbocycles. The zero-order valence-electron chi connectivity index (χ0n) is 9.96. The van der Waals surface area contributed by atoms with Gasteiger partial charge in [-0.3, -0.25) is 0 Å². The molecule has 0 unspecified atom stereocenters. The number of rotatable bonds is 2. The van der Waals surface area contributed by atoms with Crippen LogP contribution in [0, 0.1) is 0 Å². The van der Waals surface area contributed by atoms with E-state index in [0.29, 0.717) is 22.8 Å². The Hall–Kier alpha value is -2.43. The van der Waals surface area contributed by atoms with E-state index in [2.05, 4.69) is 39.0 Å². The molecule has 1 atom stereocenters. The highest BCUT2D eigenvalue weighted by Gasteiger charge is 2.14. The lowest BCUT2D eigenvalue weighted by atomic mass is 10.0. The minimum absolute atomic E-state index is 0.0922. The van der Waals surface area contributed by atoms with Crippen molar-refractivity contribution in [1.82, 2.24) is 19.9 Å². The highest BCUT2D eigenvalue weighted by molar-refractivity contribution is 5.80. The monoisotopic (exact) mass is 239 g/mol. The average Bonchev–Trinajstić information content (AvgIpc) is 2.88. The first-order valence-electron chi connectivity index (χ1n) is 5.77. The molecule has 0 spiro atoms. The molecule has 90 valence electrons. The third-order valence-electron chi connectivity index (χ3n) is 3.02. The van der Waals surface area contributed by atoms with Crippen LogP contribution >= 0.6 is 0 Å². The molecular formula is C13H13N5. The van der Waals surface area contributed by atoms with Gasteiger partial charge in [-0.1, -0.05) is 37.3 Å². The van der Waals surface area contributed by atoms with Crippen molar-refractivity contribution in [2.45, 2.75) is 12.8 Å². The van der Waals surface area contributed by atoms with E-state index in [9.17, 15) is 0 Å². The zero-order chi connectivity index (χ0) is 12.5. The van der Waals surface area contributed by atoms with Gasteiger partial charge < -0.3 is 10.7 Å². The van der Waals surface area contributed by atoms with Crippen LogP contribution in [-0.2, 0) is 0 Å². The summed E-state index contributed by atoms with van der Waals surface area (Å²) < 4.78 is 0. The lowest BCUT2D eigenvalue weighted by Crippen LogP contribution is -2.05. The first-order valence-corrected chi connectivity index (χ1v) is 5.77. The molecule has 3 aromatic rings. The summed E-state index contributed by atoms with van der Waals surface area (Å²) in [6.07, 6.45) is 1.58. The van der Waals surface area contributed by atoms with Gasteiger partial charge in [0, 0.05) is 5.92 Å².